The van der Waals surface area contributed by atoms with Crippen LogP contribution in [0.1, 0.15) is 24.2 Å². The van der Waals surface area contributed by atoms with Crippen molar-refractivity contribution < 1.29 is 27.3 Å². The van der Waals surface area contributed by atoms with Gasteiger partial charge in [0.15, 0.2) is 0 Å². The van der Waals surface area contributed by atoms with Crippen LogP contribution in [0.3, 0.4) is 0 Å². The minimum Gasteiger partial charge on any atom is -0.467 e. The van der Waals surface area contributed by atoms with Gasteiger partial charge in [-0.1, -0.05) is 41.9 Å². The molecule has 1 saturated heterocycles. The minimum atomic E-state index is -4.31. The number of nitrogens with zero attached hydrogens (tertiary/aromatic N) is 3. The van der Waals surface area contributed by atoms with Gasteiger partial charge in [0.1, 0.15) is 10.8 Å². The summed E-state index contributed by atoms with van der Waals surface area (Å²) in [5, 5.41) is 11.2. The van der Waals surface area contributed by atoms with Gasteiger partial charge in [0, 0.05) is 25.8 Å². The smallest absolute Gasteiger partial charge is 0.289 e. The van der Waals surface area contributed by atoms with Gasteiger partial charge < -0.3 is 14.1 Å². The lowest BCUT2D eigenvalue weighted by molar-refractivity contribution is -0.384. The van der Waals surface area contributed by atoms with Crippen molar-refractivity contribution in [3.8, 4) is 0 Å². The Bertz CT molecular complexity index is 1330. The van der Waals surface area contributed by atoms with E-state index in [2.05, 4.69) is 0 Å². The molecule has 1 amide bonds. The van der Waals surface area contributed by atoms with Crippen LogP contribution in [0.5, 0.6) is 0 Å². The summed E-state index contributed by atoms with van der Waals surface area (Å²) in [6.45, 7) is 0.329. The zero-order chi connectivity index (χ0) is 26.4. The average Bonchev–Trinajstić information content (AvgIpc) is 3.58. The molecule has 1 unspecified atom stereocenters. The molecule has 0 N–H and O–H groups in total. The van der Waals surface area contributed by atoms with Crippen molar-refractivity contribution in [3.63, 3.8) is 0 Å². The van der Waals surface area contributed by atoms with Crippen molar-refractivity contribution in [3.05, 3.63) is 93.4 Å². The number of hydrogen-bond donors (Lipinski definition) is 0. The Morgan fingerprint density at radius 2 is 1.89 bits per heavy atom. The Labute approximate surface area is 219 Å². The molecule has 10 nitrogen and oxygen atoms in total. The Morgan fingerprint density at radius 3 is 2.54 bits per heavy atom. The SMILES string of the molecule is O=C(CN(CC1CCCO1)S(=O)(=O)c1ccc(Cl)c([N+](=O)[O-])c1)N(Cc1ccccc1)Cc1ccco1. The summed E-state index contributed by atoms with van der Waals surface area (Å²) in [5.74, 6) is 0.0939. The molecule has 2 aromatic carbocycles. The molecule has 37 heavy (non-hydrogen) atoms. The summed E-state index contributed by atoms with van der Waals surface area (Å²) in [6.07, 6.45) is 2.53. The molecular formula is C25H26ClN3O7S. The van der Waals surface area contributed by atoms with E-state index in [9.17, 15) is 23.3 Å². The number of furan rings is 1. The van der Waals surface area contributed by atoms with E-state index in [-0.39, 0.29) is 29.6 Å². The maximum absolute atomic E-state index is 13.7. The van der Waals surface area contributed by atoms with Gasteiger partial charge in [-0.05, 0) is 42.7 Å². The normalized spacial score (nSPS) is 15.7. The number of carbonyl (C=O) groups excluding carboxylic acids is 1. The lowest BCUT2D eigenvalue weighted by Crippen LogP contribution is -2.45. The second-order valence-corrected chi connectivity index (χ2v) is 11.0. The Morgan fingerprint density at radius 1 is 1.11 bits per heavy atom. The van der Waals surface area contributed by atoms with Gasteiger partial charge in [0.05, 0.1) is 35.3 Å². The quantitative estimate of drug-likeness (QED) is 0.260. The van der Waals surface area contributed by atoms with E-state index in [1.165, 1.54) is 17.2 Å². The van der Waals surface area contributed by atoms with Crippen LogP contribution in [-0.4, -0.2) is 54.3 Å². The molecule has 196 valence electrons. The molecule has 1 fully saturated rings. The van der Waals surface area contributed by atoms with Gasteiger partial charge in [-0.3, -0.25) is 14.9 Å². The molecule has 0 radical (unpaired) electrons. The fourth-order valence-corrected chi connectivity index (χ4v) is 5.71. The number of benzene rings is 2. The van der Waals surface area contributed by atoms with Crippen molar-refractivity contribution in [1.82, 2.24) is 9.21 Å². The molecule has 12 heteroatoms. The summed E-state index contributed by atoms with van der Waals surface area (Å²) in [4.78, 5) is 25.4. The largest absolute Gasteiger partial charge is 0.467 e. The summed E-state index contributed by atoms with van der Waals surface area (Å²) in [7, 11) is -4.31. The van der Waals surface area contributed by atoms with Crippen LogP contribution in [-0.2, 0) is 32.6 Å². The van der Waals surface area contributed by atoms with E-state index in [0.29, 0.717) is 18.8 Å². The fourth-order valence-electron chi connectivity index (χ4n) is 4.08. The molecular weight excluding hydrogens is 522 g/mol. The second-order valence-electron chi connectivity index (χ2n) is 8.62. The van der Waals surface area contributed by atoms with E-state index in [1.54, 1.807) is 12.1 Å². The fraction of sp³-hybridized carbons (Fsp3) is 0.320. The van der Waals surface area contributed by atoms with E-state index in [1.807, 2.05) is 30.3 Å². The predicted molar refractivity (Wildman–Crippen MR) is 135 cm³/mol. The highest BCUT2D eigenvalue weighted by Crippen LogP contribution is 2.29. The highest BCUT2D eigenvalue weighted by molar-refractivity contribution is 7.89. The van der Waals surface area contributed by atoms with Gasteiger partial charge in [-0.25, -0.2) is 8.42 Å². The monoisotopic (exact) mass is 547 g/mol. The van der Waals surface area contributed by atoms with E-state index >= 15 is 0 Å². The zero-order valence-electron chi connectivity index (χ0n) is 19.9. The molecule has 1 aliphatic rings. The Hall–Kier alpha value is -3.25. The third-order valence-corrected chi connectivity index (χ3v) is 8.12. The number of halogens is 1. The Balaban J connectivity index is 1.63. The van der Waals surface area contributed by atoms with Gasteiger partial charge in [0.2, 0.25) is 15.9 Å². The molecule has 4 rings (SSSR count). The summed E-state index contributed by atoms with van der Waals surface area (Å²) in [5.41, 5.74) is 0.332. The maximum atomic E-state index is 13.7. The van der Waals surface area contributed by atoms with E-state index in [0.717, 1.165) is 28.4 Å². The standard InChI is InChI=1S/C25H26ClN3O7S/c26-23-11-10-22(14-24(23)29(31)32)37(33,34)28(17-21-9-5-13-36-21)18-25(30)27(16-20-8-4-12-35-20)15-19-6-2-1-3-7-19/h1-4,6-8,10-12,14,21H,5,9,13,15-18H2. The first kappa shape index (κ1) is 26.8. The molecule has 0 aliphatic carbocycles. The molecule has 1 aromatic heterocycles. The van der Waals surface area contributed by atoms with Crippen LogP contribution in [0, 0.1) is 10.1 Å². The maximum Gasteiger partial charge on any atom is 0.289 e. The number of amides is 1. The number of hydrogen-bond acceptors (Lipinski definition) is 7. The lowest BCUT2D eigenvalue weighted by atomic mass is 10.2. The van der Waals surface area contributed by atoms with Gasteiger partial charge in [-0.15, -0.1) is 0 Å². The first-order valence-electron chi connectivity index (χ1n) is 11.6. The van der Waals surface area contributed by atoms with Crippen LogP contribution in [0.25, 0.3) is 0 Å². The van der Waals surface area contributed by atoms with Crippen LogP contribution in [0.15, 0.2) is 76.2 Å². The number of nitro groups is 1. The number of nitro benzene ring substituents is 1. The number of carbonyl (C=O) groups is 1. The molecule has 2 heterocycles. The first-order valence-corrected chi connectivity index (χ1v) is 13.5. The highest BCUT2D eigenvalue weighted by Gasteiger charge is 2.33. The van der Waals surface area contributed by atoms with Crippen molar-refractivity contribution in [1.29, 1.82) is 0 Å². The highest BCUT2D eigenvalue weighted by atomic mass is 35.5. The first-order chi connectivity index (χ1) is 17.7. The van der Waals surface area contributed by atoms with Crippen LogP contribution >= 0.6 is 11.6 Å². The van der Waals surface area contributed by atoms with Gasteiger partial charge >= 0.3 is 0 Å². The second kappa shape index (κ2) is 11.9. The number of ether oxygens (including phenoxy) is 1. The summed E-state index contributed by atoms with van der Waals surface area (Å²) in [6, 6.07) is 16.0. The van der Waals surface area contributed by atoms with Crippen molar-refractivity contribution in [2.75, 3.05) is 19.7 Å². The van der Waals surface area contributed by atoms with Gasteiger partial charge in [-0.2, -0.15) is 4.31 Å². The summed E-state index contributed by atoms with van der Waals surface area (Å²) >= 11 is 5.89. The number of sulfonamides is 1. The van der Waals surface area contributed by atoms with Crippen molar-refractivity contribution in [2.45, 2.75) is 36.9 Å². The Kier molecular flexibility index (Phi) is 8.59. The van der Waals surface area contributed by atoms with Crippen LogP contribution in [0.2, 0.25) is 5.02 Å². The topological polar surface area (TPSA) is 123 Å². The molecule has 1 aliphatic heterocycles. The third-order valence-electron chi connectivity index (χ3n) is 5.99. The molecule has 1 atom stereocenters. The van der Waals surface area contributed by atoms with Crippen LogP contribution < -0.4 is 0 Å². The molecule has 0 spiro atoms. The molecule has 0 saturated carbocycles. The zero-order valence-corrected chi connectivity index (χ0v) is 21.4. The predicted octanol–water partition coefficient (Wildman–Crippen LogP) is 4.24. The minimum absolute atomic E-state index is 0.0651. The van der Waals surface area contributed by atoms with Gasteiger partial charge in [0.25, 0.3) is 5.69 Å². The van der Waals surface area contributed by atoms with E-state index in [4.69, 9.17) is 20.8 Å². The molecule has 3 aromatic rings. The van der Waals surface area contributed by atoms with Crippen molar-refractivity contribution >= 4 is 33.2 Å². The molecule has 0 bridgehead atoms. The van der Waals surface area contributed by atoms with Crippen molar-refractivity contribution in [2.24, 2.45) is 0 Å². The van der Waals surface area contributed by atoms with E-state index < -0.39 is 39.2 Å². The van der Waals surface area contributed by atoms with Crippen LogP contribution in [0.4, 0.5) is 5.69 Å². The lowest BCUT2D eigenvalue weighted by Gasteiger charge is -2.28. The average molecular weight is 548 g/mol. The summed E-state index contributed by atoms with van der Waals surface area (Å²) < 4.78 is 39.4. The number of rotatable bonds is 11. The third kappa shape index (κ3) is 6.75.